The van der Waals surface area contributed by atoms with Crippen molar-refractivity contribution in [2.75, 3.05) is 5.32 Å². The van der Waals surface area contributed by atoms with Crippen LogP contribution < -0.4 is 10.6 Å². The van der Waals surface area contributed by atoms with Gasteiger partial charge in [-0.15, -0.1) is 0 Å². The van der Waals surface area contributed by atoms with Gasteiger partial charge in [0, 0.05) is 10.5 Å². The molecule has 0 aromatic heterocycles. The molecule has 0 radical (unpaired) electrons. The lowest BCUT2D eigenvalue weighted by molar-refractivity contribution is -0.144. The summed E-state index contributed by atoms with van der Waals surface area (Å²) in [5.41, 5.74) is -0.295. The summed E-state index contributed by atoms with van der Waals surface area (Å²) >= 11 is 8.30. The summed E-state index contributed by atoms with van der Waals surface area (Å²) in [5, 5.41) is 5.48. The Kier molecular flexibility index (Phi) is 4.35. The number of amides is 1. The standard InChI is InChI=1S/C18H19BrF2N2OS/c19-13-4-12(20)5-14(21)15(13)22-17(25)23-16(24)18-6-9-1-10(7-18)3-11(2-9)8-18/h4-5,9-11H,1-3,6-8H2,(H2,22,23,24,25). The fraction of sp³-hybridized carbons (Fsp3) is 0.556. The second kappa shape index (κ2) is 6.27. The zero-order valence-corrected chi connectivity index (χ0v) is 16.0. The summed E-state index contributed by atoms with van der Waals surface area (Å²) in [7, 11) is 0. The molecule has 0 aliphatic heterocycles. The van der Waals surface area contributed by atoms with Gasteiger partial charge in [0.15, 0.2) is 10.9 Å². The van der Waals surface area contributed by atoms with E-state index < -0.39 is 11.6 Å². The molecule has 0 spiro atoms. The first-order chi connectivity index (χ1) is 11.8. The Hall–Kier alpha value is -1.08. The topological polar surface area (TPSA) is 41.1 Å². The van der Waals surface area contributed by atoms with Gasteiger partial charge in [0.25, 0.3) is 0 Å². The third-order valence-electron chi connectivity index (χ3n) is 5.99. The van der Waals surface area contributed by atoms with E-state index in [9.17, 15) is 13.6 Å². The van der Waals surface area contributed by atoms with E-state index in [4.69, 9.17) is 12.2 Å². The number of hydrogen-bond acceptors (Lipinski definition) is 2. The highest BCUT2D eigenvalue weighted by molar-refractivity contribution is 9.10. The number of rotatable bonds is 2. The van der Waals surface area contributed by atoms with Gasteiger partial charge in [-0.3, -0.25) is 4.79 Å². The second-order valence-corrected chi connectivity index (χ2v) is 9.11. The van der Waals surface area contributed by atoms with Crippen LogP contribution in [0.1, 0.15) is 38.5 Å². The van der Waals surface area contributed by atoms with Crippen LogP contribution in [0.3, 0.4) is 0 Å². The van der Waals surface area contributed by atoms with Crippen molar-refractivity contribution in [3.05, 3.63) is 28.2 Å². The first-order valence-corrected chi connectivity index (χ1v) is 9.82. The molecule has 4 aliphatic rings. The summed E-state index contributed by atoms with van der Waals surface area (Å²) in [6.45, 7) is 0. The SMILES string of the molecule is O=C(NC(=S)Nc1c(F)cc(F)cc1Br)C12CC3CC(CC(C3)C1)C2. The quantitative estimate of drug-likeness (QED) is 0.667. The fourth-order valence-corrected chi connectivity index (χ4v) is 6.13. The molecule has 4 aliphatic carbocycles. The molecule has 4 saturated carbocycles. The van der Waals surface area contributed by atoms with Crippen LogP contribution in [0.2, 0.25) is 0 Å². The van der Waals surface area contributed by atoms with Crippen LogP contribution in [0.4, 0.5) is 14.5 Å². The van der Waals surface area contributed by atoms with Crippen LogP contribution in [0.5, 0.6) is 0 Å². The van der Waals surface area contributed by atoms with Crippen molar-refractivity contribution >= 4 is 44.9 Å². The molecule has 4 bridgehead atoms. The number of halogens is 3. The largest absolute Gasteiger partial charge is 0.329 e. The van der Waals surface area contributed by atoms with Gasteiger partial charge in [-0.2, -0.15) is 0 Å². The fourth-order valence-electron chi connectivity index (χ4n) is 5.43. The number of nitrogens with one attached hydrogen (secondary N) is 2. The highest BCUT2D eigenvalue weighted by Crippen LogP contribution is 2.60. The third kappa shape index (κ3) is 3.21. The number of carbonyl (C=O) groups is 1. The minimum absolute atomic E-state index is 0.0252. The van der Waals surface area contributed by atoms with Crippen LogP contribution in [-0.4, -0.2) is 11.0 Å². The first-order valence-electron chi connectivity index (χ1n) is 8.61. The zero-order chi connectivity index (χ0) is 17.8. The molecule has 4 fully saturated rings. The minimum atomic E-state index is -0.765. The van der Waals surface area contributed by atoms with Gasteiger partial charge in [-0.05, 0) is 90.5 Å². The maximum absolute atomic E-state index is 13.9. The van der Waals surface area contributed by atoms with E-state index >= 15 is 0 Å². The van der Waals surface area contributed by atoms with Gasteiger partial charge in [0.05, 0.1) is 11.1 Å². The molecule has 0 heterocycles. The van der Waals surface area contributed by atoms with Gasteiger partial charge >= 0.3 is 0 Å². The number of thiocarbonyl (C=S) groups is 1. The molecule has 3 nitrogen and oxygen atoms in total. The van der Waals surface area contributed by atoms with E-state index in [0.29, 0.717) is 17.8 Å². The third-order valence-corrected chi connectivity index (χ3v) is 6.82. The van der Waals surface area contributed by atoms with E-state index in [1.165, 1.54) is 19.3 Å². The van der Waals surface area contributed by atoms with Crippen molar-refractivity contribution in [2.24, 2.45) is 23.2 Å². The lowest BCUT2D eigenvalue weighted by Gasteiger charge is -2.55. The number of carbonyl (C=O) groups excluding carboxylic acids is 1. The molecule has 1 amide bonds. The summed E-state index contributed by atoms with van der Waals surface area (Å²) < 4.78 is 27.3. The molecule has 25 heavy (non-hydrogen) atoms. The predicted octanol–water partition coefficient (Wildman–Crippen LogP) is 4.76. The van der Waals surface area contributed by atoms with Gasteiger partial charge < -0.3 is 10.6 Å². The molecular formula is C18H19BrF2N2OS. The van der Waals surface area contributed by atoms with E-state index in [-0.39, 0.29) is 26.6 Å². The normalized spacial score (nSPS) is 32.5. The molecule has 0 unspecified atom stereocenters. The van der Waals surface area contributed by atoms with Crippen LogP contribution in [0, 0.1) is 34.8 Å². The van der Waals surface area contributed by atoms with Crippen LogP contribution in [0.25, 0.3) is 0 Å². The first kappa shape index (κ1) is 17.3. The highest BCUT2D eigenvalue weighted by atomic mass is 79.9. The van der Waals surface area contributed by atoms with Gasteiger partial charge in [-0.1, -0.05) is 0 Å². The monoisotopic (exact) mass is 428 g/mol. The second-order valence-electron chi connectivity index (χ2n) is 7.85. The van der Waals surface area contributed by atoms with Crippen molar-refractivity contribution in [1.29, 1.82) is 0 Å². The number of anilines is 1. The Balaban J connectivity index is 1.46. The average Bonchev–Trinajstić information content (AvgIpc) is 2.49. The lowest BCUT2D eigenvalue weighted by atomic mass is 9.49. The van der Waals surface area contributed by atoms with Crippen molar-refractivity contribution in [3.8, 4) is 0 Å². The van der Waals surface area contributed by atoms with Gasteiger partial charge in [0.1, 0.15) is 5.82 Å². The Morgan fingerprint density at radius 1 is 1.12 bits per heavy atom. The van der Waals surface area contributed by atoms with Gasteiger partial charge in [0.2, 0.25) is 5.91 Å². The van der Waals surface area contributed by atoms with E-state index in [1.807, 2.05) is 0 Å². The van der Waals surface area contributed by atoms with E-state index in [2.05, 4.69) is 26.6 Å². The highest BCUT2D eigenvalue weighted by Gasteiger charge is 2.54. The van der Waals surface area contributed by atoms with Gasteiger partial charge in [-0.25, -0.2) is 8.78 Å². The van der Waals surface area contributed by atoms with E-state index in [1.54, 1.807) is 0 Å². The predicted molar refractivity (Wildman–Crippen MR) is 99.0 cm³/mol. The molecule has 1 aromatic carbocycles. The summed E-state index contributed by atoms with van der Waals surface area (Å²) in [6.07, 6.45) is 6.56. The molecule has 0 saturated heterocycles. The Bertz CT molecular complexity index is 696. The molecule has 2 N–H and O–H groups in total. The minimum Gasteiger partial charge on any atom is -0.329 e. The van der Waals surface area contributed by atoms with E-state index in [0.717, 1.165) is 31.4 Å². The molecule has 5 rings (SSSR count). The molecule has 134 valence electrons. The van der Waals surface area contributed by atoms with Crippen LogP contribution in [-0.2, 0) is 4.79 Å². The molecule has 0 atom stereocenters. The summed E-state index contributed by atoms with van der Waals surface area (Å²) in [4.78, 5) is 12.9. The molecule has 7 heteroatoms. The maximum atomic E-state index is 13.9. The smallest absolute Gasteiger partial charge is 0.232 e. The van der Waals surface area contributed by atoms with Crippen LogP contribution in [0.15, 0.2) is 16.6 Å². The Labute approximate surface area is 159 Å². The summed E-state index contributed by atoms with van der Waals surface area (Å²) in [5.74, 6) is 0.464. The van der Waals surface area contributed by atoms with Crippen LogP contribution >= 0.6 is 28.1 Å². The lowest BCUT2D eigenvalue weighted by Crippen LogP contribution is -2.55. The number of benzene rings is 1. The zero-order valence-electron chi connectivity index (χ0n) is 13.6. The van der Waals surface area contributed by atoms with Crippen molar-refractivity contribution in [2.45, 2.75) is 38.5 Å². The van der Waals surface area contributed by atoms with Crippen molar-refractivity contribution < 1.29 is 13.6 Å². The average molecular weight is 429 g/mol. The van der Waals surface area contributed by atoms with Crippen molar-refractivity contribution in [1.82, 2.24) is 5.32 Å². The molecular weight excluding hydrogens is 410 g/mol. The summed E-state index contributed by atoms with van der Waals surface area (Å²) in [6, 6.07) is 1.92. The number of hydrogen-bond donors (Lipinski definition) is 2. The van der Waals surface area contributed by atoms with Crippen molar-refractivity contribution in [3.63, 3.8) is 0 Å². The Morgan fingerprint density at radius 2 is 1.68 bits per heavy atom. The Morgan fingerprint density at radius 3 is 2.20 bits per heavy atom. The molecule has 1 aromatic rings. The maximum Gasteiger partial charge on any atom is 0.232 e.